The lowest BCUT2D eigenvalue weighted by Crippen LogP contribution is -2.00. The van der Waals surface area contributed by atoms with Crippen molar-refractivity contribution in [2.75, 3.05) is 0 Å². The van der Waals surface area contributed by atoms with Crippen molar-refractivity contribution in [3.63, 3.8) is 0 Å². The molecule has 2 aromatic heterocycles. The molecule has 1 aromatic carbocycles. The summed E-state index contributed by atoms with van der Waals surface area (Å²) in [6, 6.07) is 11.7. The molecule has 1 aliphatic rings. The smallest absolute Gasteiger partial charge is 0.203 e. The molecule has 0 atom stereocenters. The van der Waals surface area contributed by atoms with Crippen LogP contribution >= 0.6 is 11.3 Å². The summed E-state index contributed by atoms with van der Waals surface area (Å²) in [5, 5.41) is 0.941. The van der Waals surface area contributed by atoms with Gasteiger partial charge in [0.25, 0.3) is 0 Å². The molecule has 0 bridgehead atoms. The molecule has 1 aliphatic carbocycles. The van der Waals surface area contributed by atoms with Crippen molar-refractivity contribution >= 4 is 28.0 Å². The number of benzene rings is 1. The number of hydrogen-bond acceptors (Lipinski definition) is 3. The van der Waals surface area contributed by atoms with Crippen molar-refractivity contribution in [2.45, 2.75) is 25.7 Å². The van der Waals surface area contributed by atoms with Gasteiger partial charge in [-0.1, -0.05) is 18.2 Å². The van der Waals surface area contributed by atoms with Gasteiger partial charge in [0.1, 0.15) is 0 Å². The van der Waals surface area contributed by atoms with Gasteiger partial charge in [-0.2, -0.15) is 0 Å². The largest absolute Gasteiger partial charge is 0.288 e. The van der Waals surface area contributed by atoms with E-state index >= 15 is 0 Å². The second-order valence-electron chi connectivity index (χ2n) is 5.47. The van der Waals surface area contributed by atoms with Crippen LogP contribution in [0.4, 0.5) is 0 Å². The zero-order valence-electron chi connectivity index (χ0n) is 11.6. The Labute approximate surface area is 127 Å². The molecule has 0 fully saturated rings. The molecule has 0 aliphatic heterocycles. The molecular formula is C18H15NOS. The first-order valence-electron chi connectivity index (χ1n) is 7.33. The van der Waals surface area contributed by atoms with Gasteiger partial charge >= 0.3 is 0 Å². The molecule has 2 heterocycles. The Hall–Kier alpha value is -2.00. The topological polar surface area (TPSA) is 30.0 Å². The van der Waals surface area contributed by atoms with Crippen LogP contribution in [0, 0.1) is 0 Å². The van der Waals surface area contributed by atoms with E-state index in [9.17, 15) is 4.79 Å². The molecule has 0 saturated carbocycles. The van der Waals surface area contributed by atoms with Crippen LogP contribution in [0.5, 0.6) is 0 Å². The second kappa shape index (κ2) is 5.08. The van der Waals surface area contributed by atoms with Crippen LogP contribution in [-0.4, -0.2) is 10.8 Å². The molecular weight excluding hydrogens is 278 g/mol. The highest BCUT2D eigenvalue weighted by Crippen LogP contribution is 2.31. The lowest BCUT2D eigenvalue weighted by Gasteiger charge is -2.08. The Kier molecular flexibility index (Phi) is 3.08. The maximum Gasteiger partial charge on any atom is 0.203 e. The minimum Gasteiger partial charge on any atom is -0.288 e. The first-order chi connectivity index (χ1) is 10.3. The van der Waals surface area contributed by atoms with Crippen molar-refractivity contribution in [1.29, 1.82) is 0 Å². The molecule has 0 N–H and O–H groups in total. The third-order valence-electron chi connectivity index (χ3n) is 4.11. The Morgan fingerprint density at radius 2 is 2.00 bits per heavy atom. The number of pyridine rings is 1. The van der Waals surface area contributed by atoms with Gasteiger partial charge in [0.05, 0.1) is 10.4 Å². The molecule has 0 saturated heterocycles. The fourth-order valence-corrected chi connectivity index (χ4v) is 4.24. The number of thiophene rings is 1. The molecule has 0 amide bonds. The van der Waals surface area contributed by atoms with E-state index in [0.717, 1.165) is 34.2 Å². The van der Waals surface area contributed by atoms with Crippen LogP contribution in [0.2, 0.25) is 0 Å². The quantitative estimate of drug-likeness (QED) is 0.655. The summed E-state index contributed by atoms with van der Waals surface area (Å²) in [7, 11) is 0. The van der Waals surface area contributed by atoms with Crippen LogP contribution in [0.3, 0.4) is 0 Å². The van der Waals surface area contributed by atoms with Gasteiger partial charge < -0.3 is 0 Å². The zero-order valence-corrected chi connectivity index (χ0v) is 12.5. The normalized spacial score (nSPS) is 14.1. The first kappa shape index (κ1) is 12.7. The van der Waals surface area contributed by atoms with Crippen LogP contribution < -0.4 is 0 Å². The van der Waals surface area contributed by atoms with Crippen molar-refractivity contribution in [1.82, 2.24) is 4.98 Å². The fraction of sp³-hybridized carbons (Fsp3) is 0.222. The Morgan fingerprint density at radius 1 is 1.10 bits per heavy atom. The van der Waals surface area contributed by atoms with Crippen molar-refractivity contribution in [2.24, 2.45) is 0 Å². The van der Waals surface area contributed by atoms with Gasteiger partial charge in [0.2, 0.25) is 5.78 Å². The number of carbonyl (C=O) groups excluding carboxylic acids is 1. The third-order valence-corrected chi connectivity index (χ3v) is 5.35. The number of ketones is 1. The molecule has 0 unspecified atom stereocenters. The number of hydrogen-bond donors (Lipinski definition) is 0. The number of aromatic nitrogens is 1. The average molecular weight is 293 g/mol. The van der Waals surface area contributed by atoms with E-state index in [1.54, 1.807) is 17.5 Å². The number of carbonyl (C=O) groups is 1. The van der Waals surface area contributed by atoms with E-state index in [1.165, 1.54) is 23.3 Å². The minimum absolute atomic E-state index is 0.132. The summed E-state index contributed by atoms with van der Waals surface area (Å²) in [4.78, 5) is 19.5. The summed E-state index contributed by atoms with van der Waals surface area (Å²) in [6.07, 6.45) is 6.51. The van der Waals surface area contributed by atoms with E-state index < -0.39 is 0 Å². The lowest BCUT2D eigenvalue weighted by atomic mass is 9.98. The zero-order chi connectivity index (χ0) is 14.2. The van der Waals surface area contributed by atoms with Gasteiger partial charge in [0, 0.05) is 22.0 Å². The van der Waals surface area contributed by atoms with E-state index in [-0.39, 0.29) is 5.78 Å². The maximum absolute atomic E-state index is 12.9. The maximum atomic E-state index is 12.9. The lowest BCUT2D eigenvalue weighted by molar-refractivity contribution is 0.104. The summed E-state index contributed by atoms with van der Waals surface area (Å²) in [5.41, 5.74) is 3.02. The number of fused-ring (bicyclic) bond motifs is 2. The highest BCUT2D eigenvalue weighted by molar-refractivity contribution is 7.14. The summed E-state index contributed by atoms with van der Waals surface area (Å²) in [5.74, 6) is 0.132. The van der Waals surface area contributed by atoms with Gasteiger partial charge in [-0.15, -0.1) is 11.3 Å². The number of nitrogens with zero attached hydrogens (tertiary/aromatic N) is 1. The Morgan fingerprint density at radius 3 is 2.90 bits per heavy atom. The summed E-state index contributed by atoms with van der Waals surface area (Å²) in [6.45, 7) is 0. The molecule has 21 heavy (non-hydrogen) atoms. The highest BCUT2D eigenvalue weighted by Gasteiger charge is 2.19. The van der Waals surface area contributed by atoms with Crippen molar-refractivity contribution in [3.8, 4) is 0 Å². The molecule has 104 valence electrons. The number of rotatable bonds is 2. The summed E-state index contributed by atoms with van der Waals surface area (Å²) < 4.78 is 0. The standard InChI is InChI=1S/C18H15NOS/c20-18(17-11-12-5-1-2-9-16(12)21-17)14-6-3-8-15-13(14)7-4-10-19-15/h3-4,6-8,10-11H,1-2,5,9H2. The van der Waals surface area contributed by atoms with Gasteiger partial charge in [-0.3, -0.25) is 9.78 Å². The average Bonchev–Trinajstić information content (AvgIpc) is 2.97. The van der Waals surface area contributed by atoms with Crippen LogP contribution in [0.1, 0.15) is 38.5 Å². The fourth-order valence-electron chi connectivity index (χ4n) is 3.04. The molecule has 0 spiro atoms. The molecule has 3 aromatic rings. The predicted molar refractivity (Wildman–Crippen MR) is 86.1 cm³/mol. The van der Waals surface area contributed by atoms with E-state index in [4.69, 9.17) is 0 Å². The van der Waals surface area contributed by atoms with E-state index in [1.807, 2.05) is 30.3 Å². The predicted octanol–water partition coefficient (Wildman–Crippen LogP) is 4.41. The van der Waals surface area contributed by atoms with E-state index in [2.05, 4.69) is 11.1 Å². The molecule has 2 nitrogen and oxygen atoms in total. The van der Waals surface area contributed by atoms with Crippen LogP contribution in [0.25, 0.3) is 10.9 Å². The third kappa shape index (κ3) is 2.18. The van der Waals surface area contributed by atoms with Gasteiger partial charge in [-0.25, -0.2) is 0 Å². The first-order valence-corrected chi connectivity index (χ1v) is 8.14. The SMILES string of the molecule is O=C(c1cc2c(s1)CCCC2)c1cccc2ncccc12. The second-order valence-corrected chi connectivity index (χ2v) is 6.61. The monoisotopic (exact) mass is 293 g/mol. The number of aryl methyl sites for hydroxylation is 2. The Bertz CT molecular complexity index is 805. The van der Waals surface area contributed by atoms with E-state index in [0.29, 0.717) is 0 Å². The Balaban J connectivity index is 1.81. The van der Waals surface area contributed by atoms with Crippen molar-refractivity contribution < 1.29 is 4.79 Å². The highest BCUT2D eigenvalue weighted by atomic mass is 32.1. The molecule has 4 rings (SSSR count). The van der Waals surface area contributed by atoms with Crippen molar-refractivity contribution in [3.05, 3.63) is 63.5 Å². The van der Waals surface area contributed by atoms with Gasteiger partial charge in [-0.05, 0) is 49.4 Å². The molecule has 3 heteroatoms. The summed E-state index contributed by atoms with van der Waals surface area (Å²) >= 11 is 1.68. The van der Waals surface area contributed by atoms with Crippen LogP contribution in [0.15, 0.2) is 42.6 Å². The van der Waals surface area contributed by atoms with Gasteiger partial charge in [0.15, 0.2) is 0 Å². The molecule has 0 radical (unpaired) electrons. The minimum atomic E-state index is 0.132. The van der Waals surface area contributed by atoms with Crippen LogP contribution in [-0.2, 0) is 12.8 Å².